The largest absolute Gasteiger partial charge is 0.381 e. The maximum absolute atomic E-state index is 5.71. The molecule has 2 unspecified atom stereocenters. The highest BCUT2D eigenvalue weighted by Gasteiger charge is 2.38. The Hall–Kier alpha value is -0.960. The predicted octanol–water partition coefficient (Wildman–Crippen LogP) is 4.14. The molecule has 2 atom stereocenters. The Balaban J connectivity index is 2.17. The average Bonchev–Trinajstić information content (AvgIpc) is 2.44. The lowest BCUT2D eigenvalue weighted by molar-refractivity contribution is 0.0318. The molecule has 3 nitrogen and oxygen atoms in total. The van der Waals surface area contributed by atoms with E-state index < -0.39 is 0 Å². The summed E-state index contributed by atoms with van der Waals surface area (Å²) in [4.78, 5) is 10.1. The standard InChI is InChI=1S/C19H30N2O/c1-18(2,3)16-14-8-7-12-11-22-10-9-13(12)15(14)20-17(21-16)19(4,5)6/h12-13H,7-11H2,1-6H3. The highest BCUT2D eigenvalue weighted by atomic mass is 16.5. The van der Waals surface area contributed by atoms with Crippen LogP contribution in [-0.2, 0) is 22.0 Å². The molecule has 0 amide bonds. The van der Waals surface area contributed by atoms with E-state index in [0.717, 1.165) is 31.9 Å². The van der Waals surface area contributed by atoms with E-state index in [-0.39, 0.29) is 10.8 Å². The van der Waals surface area contributed by atoms with Crippen molar-refractivity contribution in [3.05, 3.63) is 22.8 Å². The summed E-state index contributed by atoms with van der Waals surface area (Å²) in [7, 11) is 0. The monoisotopic (exact) mass is 302 g/mol. The molecule has 0 bridgehead atoms. The fraction of sp³-hybridized carbons (Fsp3) is 0.789. The highest BCUT2D eigenvalue weighted by molar-refractivity contribution is 5.36. The van der Waals surface area contributed by atoms with Crippen LogP contribution in [0.2, 0.25) is 0 Å². The van der Waals surface area contributed by atoms with E-state index in [4.69, 9.17) is 14.7 Å². The van der Waals surface area contributed by atoms with Gasteiger partial charge in [-0.25, -0.2) is 9.97 Å². The van der Waals surface area contributed by atoms with Crippen LogP contribution in [0, 0.1) is 5.92 Å². The number of ether oxygens (including phenoxy) is 1. The van der Waals surface area contributed by atoms with Crippen molar-refractivity contribution >= 4 is 0 Å². The van der Waals surface area contributed by atoms with Crippen molar-refractivity contribution in [3.63, 3.8) is 0 Å². The van der Waals surface area contributed by atoms with Crippen molar-refractivity contribution in [1.82, 2.24) is 9.97 Å². The summed E-state index contributed by atoms with van der Waals surface area (Å²) in [6, 6.07) is 0. The Bertz CT molecular complexity index is 566. The van der Waals surface area contributed by atoms with Gasteiger partial charge in [-0.2, -0.15) is 0 Å². The summed E-state index contributed by atoms with van der Waals surface area (Å²) in [5.41, 5.74) is 4.11. The molecular weight excluding hydrogens is 272 g/mol. The third kappa shape index (κ3) is 2.80. The molecule has 122 valence electrons. The molecule has 22 heavy (non-hydrogen) atoms. The first-order valence-electron chi connectivity index (χ1n) is 8.67. The normalized spacial score (nSPS) is 25.5. The van der Waals surface area contributed by atoms with E-state index in [9.17, 15) is 0 Å². The molecule has 0 saturated carbocycles. The molecule has 1 fully saturated rings. The molecule has 3 heteroatoms. The molecule has 1 aromatic heterocycles. The van der Waals surface area contributed by atoms with Crippen molar-refractivity contribution < 1.29 is 4.74 Å². The highest BCUT2D eigenvalue weighted by Crippen LogP contribution is 2.43. The third-order valence-electron chi connectivity index (χ3n) is 5.01. The van der Waals surface area contributed by atoms with Crippen LogP contribution in [0.15, 0.2) is 0 Å². The van der Waals surface area contributed by atoms with E-state index in [2.05, 4.69) is 41.5 Å². The van der Waals surface area contributed by atoms with Gasteiger partial charge in [-0.3, -0.25) is 0 Å². The van der Waals surface area contributed by atoms with Crippen LogP contribution in [0.25, 0.3) is 0 Å². The lowest BCUT2D eigenvalue weighted by Gasteiger charge is -2.39. The van der Waals surface area contributed by atoms with E-state index in [1.165, 1.54) is 23.4 Å². The predicted molar refractivity (Wildman–Crippen MR) is 89.4 cm³/mol. The molecule has 2 heterocycles. The Labute approximate surface area is 134 Å². The van der Waals surface area contributed by atoms with Gasteiger partial charge in [-0.15, -0.1) is 0 Å². The molecule has 0 spiro atoms. The van der Waals surface area contributed by atoms with E-state index in [1.807, 2.05) is 0 Å². The van der Waals surface area contributed by atoms with Crippen molar-refractivity contribution in [3.8, 4) is 0 Å². The number of hydrogen-bond donors (Lipinski definition) is 0. The summed E-state index contributed by atoms with van der Waals surface area (Å²) in [6.07, 6.45) is 3.44. The van der Waals surface area contributed by atoms with E-state index >= 15 is 0 Å². The molecule has 2 aliphatic rings. The van der Waals surface area contributed by atoms with Gasteiger partial charge in [0.15, 0.2) is 0 Å². The van der Waals surface area contributed by atoms with Crippen molar-refractivity contribution in [2.75, 3.05) is 13.2 Å². The number of rotatable bonds is 0. The van der Waals surface area contributed by atoms with Gasteiger partial charge in [-0.1, -0.05) is 41.5 Å². The van der Waals surface area contributed by atoms with Crippen LogP contribution in [0.1, 0.15) is 83.1 Å². The van der Waals surface area contributed by atoms with Gasteiger partial charge >= 0.3 is 0 Å². The first-order valence-corrected chi connectivity index (χ1v) is 8.67. The van der Waals surface area contributed by atoms with Gasteiger partial charge in [0.1, 0.15) is 5.82 Å². The van der Waals surface area contributed by atoms with Crippen LogP contribution >= 0.6 is 0 Å². The van der Waals surface area contributed by atoms with Gasteiger partial charge in [0, 0.05) is 23.4 Å². The Morgan fingerprint density at radius 2 is 1.68 bits per heavy atom. The van der Waals surface area contributed by atoms with E-state index in [1.54, 1.807) is 0 Å². The van der Waals surface area contributed by atoms with Crippen molar-refractivity contribution in [1.29, 1.82) is 0 Å². The maximum Gasteiger partial charge on any atom is 0.134 e. The topological polar surface area (TPSA) is 35.0 Å². The van der Waals surface area contributed by atoms with Crippen LogP contribution in [0.4, 0.5) is 0 Å². The van der Waals surface area contributed by atoms with Crippen LogP contribution < -0.4 is 0 Å². The molecule has 0 N–H and O–H groups in total. The number of nitrogens with zero attached hydrogens (tertiary/aromatic N) is 2. The molecule has 1 aliphatic heterocycles. The lowest BCUT2D eigenvalue weighted by Crippen LogP contribution is -2.35. The summed E-state index contributed by atoms with van der Waals surface area (Å²) < 4.78 is 5.71. The molecule has 3 rings (SSSR count). The molecule has 1 aliphatic carbocycles. The molecular formula is C19H30N2O. The molecule has 0 radical (unpaired) electrons. The summed E-state index contributed by atoms with van der Waals surface area (Å²) in [6.45, 7) is 15.3. The first-order chi connectivity index (χ1) is 10.2. The van der Waals surface area contributed by atoms with Gasteiger partial charge < -0.3 is 4.74 Å². The van der Waals surface area contributed by atoms with Gasteiger partial charge in [0.05, 0.1) is 18.0 Å². The molecule has 1 aromatic rings. The maximum atomic E-state index is 5.71. The van der Waals surface area contributed by atoms with Gasteiger partial charge in [0.2, 0.25) is 0 Å². The molecule has 0 aromatic carbocycles. The third-order valence-corrected chi connectivity index (χ3v) is 5.01. The fourth-order valence-corrected chi connectivity index (χ4v) is 3.78. The zero-order chi connectivity index (χ0) is 16.1. The average molecular weight is 302 g/mol. The number of hydrogen-bond acceptors (Lipinski definition) is 3. The van der Waals surface area contributed by atoms with Crippen LogP contribution in [0.5, 0.6) is 0 Å². The van der Waals surface area contributed by atoms with Crippen molar-refractivity contribution in [2.45, 2.75) is 77.6 Å². The van der Waals surface area contributed by atoms with Gasteiger partial charge in [-0.05, 0) is 30.7 Å². The second kappa shape index (κ2) is 5.30. The SMILES string of the molecule is CC(C)(C)c1nc2c(c(C(C)(C)C)n1)CCC1COCCC21. The number of aromatic nitrogens is 2. The summed E-state index contributed by atoms with van der Waals surface area (Å²) in [5, 5.41) is 0. The minimum Gasteiger partial charge on any atom is -0.381 e. The fourth-order valence-electron chi connectivity index (χ4n) is 3.78. The summed E-state index contributed by atoms with van der Waals surface area (Å²) in [5.74, 6) is 2.22. The Kier molecular flexibility index (Phi) is 3.83. The first kappa shape index (κ1) is 15.9. The zero-order valence-electron chi connectivity index (χ0n) is 15.0. The number of fused-ring (bicyclic) bond motifs is 3. The smallest absolute Gasteiger partial charge is 0.134 e. The summed E-state index contributed by atoms with van der Waals surface area (Å²) >= 11 is 0. The Morgan fingerprint density at radius 1 is 0.955 bits per heavy atom. The van der Waals surface area contributed by atoms with Gasteiger partial charge in [0.25, 0.3) is 0 Å². The zero-order valence-corrected chi connectivity index (χ0v) is 15.0. The van der Waals surface area contributed by atoms with E-state index in [0.29, 0.717) is 11.8 Å². The van der Waals surface area contributed by atoms with Crippen LogP contribution in [0.3, 0.4) is 0 Å². The molecule has 1 saturated heterocycles. The second-order valence-electron chi connectivity index (χ2n) is 9.03. The minimum absolute atomic E-state index is 0.00680. The lowest BCUT2D eigenvalue weighted by atomic mass is 9.72. The quantitative estimate of drug-likeness (QED) is 0.722. The minimum atomic E-state index is -0.00680. The second-order valence-corrected chi connectivity index (χ2v) is 9.03. The Morgan fingerprint density at radius 3 is 2.32 bits per heavy atom. The van der Waals surface area contributed by atoms with Crippen molar-refractivity contribution in [2.24, 2.45) is 5.92 Å². The van der Waals surface area contributed by atoms with Crippen LogP contribution in [-0.4, -0.2) is 23.2 Å².